The second kappa shape index (κ2) is 7.70. The van der Waals surface area contributed by atoms with Crippen molar-refractivity contribution in [2.45, 2.75) is 43.0 Å². The van der Waals surface area contributed by atoms with Crippen molar-refractivity contribution >= 4 is 21.6 Å². The first-order chi connectivity index (χ1) is 12.0. The zero-order valence-corrected chi connectivity index (χ0v) is 14.8. The molecule has 6 heteroatoms. The molecule has 2 N–H and O–H groups in total. The molecule has 1 aliphatic carbocycles. The van der Waals surface area contributed by atoms with E-state index in [1.165, 1.54) is 18.6 Å². The molecule has 1 saturated carbocycles. The molecule has 3 rings (SSSR count). The Morgan fingerprint density at radius 2 is 1.52 bits per heavy atom. The fraction of sp³-hybridized carbons (Fsp3) is 0.316. The van der Waals surface area contributed by atoms with Crippen molar-refractivity contribution in [1.29, 1.82) is 0 Å². The van der Waals surface area contributed by atoms with Crippen LogP contribution in [0.25, 0.3) is 0 Å². The number of hydrogen-bond donors (Lipinski definition) is 2. The van der Waals surface area contributed by atoms with Crippen LogP contribution < -0.4 is 10.0 Å². The maximum Gasteiger partial charge on any atom is 0.261 e. The molecule has 0 spiro atoms. The minimum atomic E-state index is -3.66. The Morgan fingerprint density at radius 3 is 2.16 bits per heavy atom. The van der Waals surface area contributed by atoms with Gasteiger partial charge in [-0.25, -0.2) is 8.42 Å². The number of rotatable bonds is 5. The quantitative estimate of drug-likeness (QED) is 0.858. The Morgan fingerprint density at radius 1 is 0.880 bits per heavy atom. The van der Waals surface area contributed by atoms with Gasteiger partial charge in [0.25, 0.3) is 15.9 Å². The molecule has 1 aliphatic rings. The monoisotopic (exact) mass is 358 g/mol. The number of amides is 1. The van der Waals surface area contributed by atoms with E-state index in [4.69, 9.17) is 0 Å². The number of anilines is 1. The van der Waals surface area contributed by atoms with E-state index in [1.807, 2.05) is 6.07 Å². The lowest BCUT2D eigenvalue weighted by Gasteiger charge is -2.22. The molecule has 1 amide bonds. The lowest BCUT2D eigenvalue weighted by Crippen LogP contribution is -2.36. The average molecular weight is 358 g/mol. The smallest absolute Gasteiger partial charge is 0.261 e. The van der Waals surface area contributed by atoms with Gasteiger partial charge in [0.15, 0.2) is 0 Å². The summed E-state index contributed by atoms with van der Waals surface area (Å²) >= 11 is 0. The van der Waals surface area contributed by atoms with E-state index in [0.717, 1.165) is 25.7 Å². The van der Waals surface area contributed by atoms with Crippen LogP contribution in [0.1, 0.15) is 42.5 Å². The summed E-state index contributed by atoms with van der Waals surface area (Å²) in [7, 11) is -3.66. The van der Waals surface area contributed by atoms with Gasteiger partial charge >= 0.3 is 0 Å². The van der Waals surface area contributed by atoms with Crippen LogP contribution >= 0.6 is 0 Å². The second-order valence-electron chi connectivity index (χ2n) is 6.30. The predicted octanol–water partition coefficient (Wildman–Crippen LogP) is 3.55. The molecule has 1 fully saturated rings. The highest BCUT2D eigenvalue weighted by Crippen LogP contribution is 2.19. The van der Waals surface area contributed by atoms with Crippen LogP contribution in [0.5, 0.6) is 0 Å². The predicted molar refractivity (Wildman–Crippen MR) is 98.0 cm³/mol. The highest BCUT2D eigenvalue weighted by Gasteiger charge is 2.18. The molecule has 0 atom stereocenters. The molecular formula is C19H22N2O3S. The average Bonchev–Trinajstić information content (AvgIpc) is 2.63. The van der Waals surface area contributed by atoms with E-state index in [2.05, 4.69) is 10.0 Å². The van der Waals surface area contributed by atoms with E-state index < -0.39 is 10.0 Å². The van der Waals surface area contributed by atoms with Crippen molar-refractivity contribution in [2.24, 2.45) is 0 Å². The van der Waals surface area contributed by atoms with Crippen molar-refractivity contribution in [3.63, 3.8) is 0 Å². The normalized spacial score (nSPS) is 15.5. The minimum absolute atomic E-state index is 0.130. The van der Waals surface area contributed by atoms with Gasteiger partial charge < -0.3 is 5.32 Å². The molecule has 0 radical (unpaired) electrons. The number of carbonyl (C=O) groups is 1. The van der Waals surface area contributed by atoms with Gasteiger partial charge in [-0.15, -0.1) is 0 Å². The number of nitrogens with one attached hydrogen (secondary N) is 2. The van der Waals surface area contributed by atoms with Crippen molar-refractivity contribution < 1.29 is 13.2 Å². The third-order valence-electron chi connectivity index (χ3n) is 4.39. The molecule has 25 heavy (non-hydrogen) atoms. The fourth-order valence-electron chi connectivity index (χ4n) is 3.02. The number of carbonyl (C=O) groups excluding carboxylic acids is 1. The molecule has 5 nitrogen and oxygen atoms in total. The molecule has 0 aliphatic heterocycles. The van der Waals surface area contributed by atoms with Gasteiger partial charge in [0, 0.05) is 17.3 Å². The maximum absolute atomic E-state index is 12.4. The Bertz CT molecular complexity index is 812. The Labute approximate surface area is 148 Å². The Balaban J connectivity index is 1.67. The van der Waals surface area contributed by atoms with Crippen LogP contribution in [0.4, 0.5) is 5.69 Å². The molecule has 0 heterocycles. The summed E-state index contributed by atoms with van der Waals surface area (Å²) in [6, 6.07) is 15.0. The van der Waals surface area contributed by atoms with E-state index in [0.29, 0.717) is 11.3 Å². The van der Waals surface area contributed by atoms with Gasteiger partial charge in [0.2, 0.25) is 0 Å². The molecule has 0 aromatic heterocycles. The van der Waals surface area contributed by atoms with Crippen LogP contribution in [-0.2, 0) is 10.0 Å². The van der Waals surface area contributed by atoms with Gasteiger partial charge in [-0.1, -0.05) is 37.5 Å². The van der Waals surface area contributed by atoms with Crippen molar-refractivity contribution in [1.82, 2.24) is 5.32 Å². The molecule has 0 saturated heterocycles. The largest absolute Gasteiger partial charge is 0.349 e. The fourth-order valence-corrected chi connectivity index (χ4v) is 4.08. The number of hydrogen-bond acceptors (Lipinski definition) is 3. The van der Waals surface area contributed by atoms with Gasteiger partial charge in [-0.05, 0) is 49.2 Å². The summed E-state index contributed by atoms with van der Waals surface area (Å²) in [5.41, 5.74) is 0.978. The third kappa shape index (κ3) is 4.60. The van der Waals surface area contributed by atoms with Gasteiger partial charge in [0.1, 0.15) is 0 Å². The van der Waals surface area contributed by atoms with Crippen LogP contribution in [0.15, 0.2) is 59.5 Å². The van der Waals surface area contributed by atoms with Crippen molar-refractivity contribution in [3.8, 4) is 0 Å². The third-order valence-corrected chi connectivity index (χ3v) is 5.79. The van der Waals surface area contributed by atoms with Crippen LogP contribution in [-0.4, -0.2) is 20.4 Å². The van der Waals surface area contributed by atoms with E-state index in [1.54, 1.807) is 36.4 Å². The number of sulfonamides is 1. The zero-order chi connectivity index (χ0) is 17.7. The van der Waals surface area contributed by atoms with Gasteiger partial charge in [0.05, 0.1) is 4.90 Å². The molecule has 0 bridgehead atoms. The summed E-state index contributed by atoms with van der Waals surface area (Å²) in [4.78, 5) is 12.4. The first kappa shape index (κ1) is 17.5. The van der Waals surface area contributed by atoms with Crippen LogP contribution in [0, 0.1) is 0 Å². The summed E-state index contributed by atoms with van der Waals surface area (Å²) < 4.78 is 27.3. The molecular weight excluding hydrogens is 336 g/mol. The highest BCUT2D eigenvalue weighted by molar-refractivity contribution is 7.92. The topological polar surface area (TPSA) is 75.3 Å². The maximum atomic E-state index is 12.4. The summed E-state index contributed by atoms with van der Waals surface area (Å²) in [5, 5.41) is 3.03. The van der Waals surface area contributed by atoms with Crippen molar-refractivity contribution in [3.05, 3.63) is 60.2 Å². The first-order valence-electron chi connectivity index (χ1n) is 8.53. The minimum Gasteiger partial charge on any atom is -0.349 e. The van der Waals surface area contributed by atoms with Crippen LogP contribution in [0.3, 0.4) is 0 Å². The molecule has 132 valence electrons. The SMILES string of the molecule is O=C(NC1CCCCC1)c1ccc(S(=O)(=O)Nc2ccccc2)cc1. The lowest BCUT2D eigenvalue weighted by molar-refractivity contribution is 0.0927. The summed E-state index contributed by atoms with van der Waals surface area (Å²) in [6.45, 7) is 0. The molecule has 2 aromatic carbocycles. The summed E-state index contributed by atoms with van der Waals surface area (Å²) in [6.07, 6.45) is 5.55. The lowest BCUT2D eigenvalue weighted by atomic mass is 9.95. The molecule has 0 unspecified atom stereocenters. The van der Waals surface area contributed by atoms with E-state index in [-0.39, 0.29) is 16.8 Å². The van der Waals surface area contributed by atoms with Crippen LogP contribution in [0.2, 0.25) is 0 Å². The molecule has 2 aromatic rings. The van der Waals surface area contributed by atoms with Crippen molar-refractivity contribution in [2.75, 3.05) is 4.72 Å². The second-order valence-corrected chi connectivity index (χ2v) is 7.99. The highest BCUT2D eigenvalue weighted by atomic mass is 32.2. The zero-order valence-electron chi connectivity index (χ0n) is 13.9. The number of para-hydroxylation sites is 1. The van der Waals surface area contributed by atoms with E-state index in [9.17, 15) is 13.2 Å². The summed E-state index contributed by atoms with van der Waals surface area (Å²) in [5.74, 6) is -0.146. The first-order valence-corrected chi connectivity index (χ1v) is 10.0. The number of benzene rings is 2. The Kier molecular flexibility index (Phi) is 5.38. The standard InChI is InChI=1S/C19H22N2O3S/c22-19(20-16-7-3-1-4-8-16)15-11-13-18(14-12-15)25(23,24)21-17-9-5-2-6-10-17/h2,5-6,9-14,16,21H,1,3-4,7-8H2,(H,20,22). The Hall–Kier alpha value is -2.34. The van der Waals surface area contributed by atoms with Gasteiger partial charge in [-0.3, -0.25) is 9.52 Å². The van der Waals surface area contributed by atoms with Gasteiger partial charge in [-0.2, -0.15) is 0 Å². The van der Waals surface area contributed by atoms with E-state index >= 15 is 0 Å².